The van der Waals surface area contributed by atoms with Crippen LogP contribution in [-0.4, -0.2) is 29.4 Å². The number of aromatic amines is 1. The van der Waals surface area contributed by atoms with Crippen LogP contribution in [0.15, 0.2) is 42.5 Å². The van der Waals surface area contributed by atoms with Gasteiger partial charge >= 0.3 is 0 Å². The van der Waals surface area contributed by atoms with Crippen LogP contribution in [0.3, 0.4) is 0 Å². The van der Waals surface area contributed by atoms with E-state index in [1.165, 1.54) is 0 Å². The Morgan fingerprint density at radius 3 is 2.36 bits per heavy atom. The molecule has 0 radical (unpaired) electrons. The highest BCUT2D eigenvalue weighted by atomic mass is 16.5. The lowest BCUT2D eigenvalue weighted by atomic mass is 10.2. The SMILES string of the molecule is COc1cc(OC)cc(Oc2ccccc2CNc2n[nH]c(N)n2)c1. The molecule has 0 unspecified atom stereocenters. The van der Waals surface area contributed by atoms with Crippen LogP contribution in [0.1, 0.15) is 5.56 Å². The fourth-order valence-electron chi connectivity index (χ4n) is 2.24. The van der Waals surface area contributed by atoms with Crippen LogP contribution in [0.5, 0.6) is 23.0 Å². The van der Waals surface area contributed by atoms with Gasteiger partial charge in [-0.2, -0.15) is 4.98 Å². The summed E-state index contributed by atoms with van der Waals surface area (Å²) in [5, 5.41) is 9.61. The van der Waals surface area contributed by atoms with Crippen molar-refractivity contribution in [1.29, 1.82) is 0 Å². The number of H-pyrrole nitrogens is 1. The number of nitrogens with one attached hydrogen (secondary N) is 2. The predicted molar refractivity (Wildman–Crippen MR) is 94.2 cm³/mol. The number of para-hydroxylation sites is 1. The highest BCUT2D eigenvalue weighted by Crippen LogP contribution is 2.32. The number of hydrogen-bond donors (Lipinski definition) is 3. The third kappa shape index (κ3) is 4.11. The van der Waals surface area contributed by atoms with Gasteiger partial charge in [0.15, 0.2) is 0 Å². The molecule has 0 aliphatic heterocycles. The highest BCUT2D eigenvalue weighted by molar-refractivity contribution is 5.46. The number of nitrogen functional groups attached to an aromatic ring is 1. The van der Waals surface area contributed by atoms with Crippen LogP contribution >= 0.6 is 0 Å². The van der Waals surface area contributed by atoms with Gasteiger partial charge < -0.3 is 25.3 Å². The van der Waals surface area contributed by atoms with Crippen LogP contribution in [-0.2, 0) is 6.54 Å². The first kappa shape index (κ1) is 16.4. The number of hydrogen-bond acceptors (Lipinski definition) is 7. The van der Waals surface area contributed by atoms with Gasteiger partial charge in [-0.15, -0.1) is 5.10 Å². The summed E-state index contributed by atoms with van der Waals surface area (Å²) in [6.07, 6.45) is 0. The molecule has 0 fully saturated rings. The molecule has 130 valence electrons. The van der Waals surface area contributed by atoms with Gasteiger partial charge in [0.1, 0.15) is 23.0 Å². The average molecular weight is 341 g/mol. The molecule has 3 rings (SSSR count). The predicted octanol–water partition coefficient (Wildman–Crippen LogP) is 2.81. The number of methoxy groups -OCH3 is 2. The lowest BCUT2D eigenvalue weighted by Crippen LogP contribution is -2.03. The number of anilines is 2. The van der Waals surface area contributed by atoms with Gasteiger partial charge in [0.25, 0.3) is 0 Å². The van der Waals surface area contributed by atoms with Crippen molar-refractivity contribution in [2.45, 2.75) is 6.54 Å². The Morgan fingerprint density at radius 1 is 1.04 bits per heavy atom. The average Bonchev–Trinajstić information content (AvgIpc) is 3.06. The fraction of sp³-hybridized carbons (Fsp3) is 0.176. The summed E-state index contributed by atoms with van der Waals surface area (Å²) in [5.41, 5.74) is 6.45. The molecule has 2 aromatic carbocycles. The van der Waals surface area contributed by atoms with Crippen molar-refractivity contribution in [1.82, 2.24) is 15.2 Å². The number of ether oxygens (including phenoxy) is 3. The normalized spacial score (nSPS) is 10.3. The second-order valence-electron chi connectivity index (χ2n) is 5.16. The van der Waals surface area contributed by atoms with Gasteiger partial charge in [-0.25, -0.2) is 5.10 Å². The third-order valence-electron chi connectivity index (χ3n) is 3.47. The topological polar surface area (TPSA) is 107 Å². The van der Waals surface area contributed by atoms with E-state index in [1.54, 1.807) is 32.4 Å². The molecule has 1 aromatic heterocycles. The summed E-state index contributed by atoms with van der Waals surface area (Å²) >= 11 is 0. The van der Waals surface area contributed by atoms with Crippen molar-refractivity contribution in [2.75, 3.05) is 25.3 Å². The Kier molecular flexibility index (Phi) is 4.89. The maximum absolute atomic E-state index is 6.01. The molecule has 25 heavy (non-hydrogen) atoms. The molecule has 8 heteroatoms. The minimum Gasteiger partial charge on any atom is -0.496 e. The third-order valence-corrected chi connectivity index (χ3v) is 3.47. The molecule has 0 bridgehead atoms. The summed E-state index contributed by atoms with van der Waals surface area (Å²) < 4.78 is 16.6. The molecule has 0 saturated carbocycles. The van der Waals surface area contributed by atoms with E-state index in [9.17, 15) is 0 Å². The zero-order valence-corrected chi connectivity index (χ0v) is 13.9. The number of rotatable bonds is 7. The largest absolute Gasteiger partial charge is 0.496 e. The van der Waals surface area contributed by atoms with E-state index >= 15 is 0 Å². The van der Waals surface area contributed by atoms with Crippen molar-refractivity contribution < 1.29 is 14.2 Å². The summed E-state index contributed by atoms with van der Waals surface area (Å²) in [6.45, 7) is 0.481. The van der Waals surface area contributed by atoms with E-state index in [0.29, 0.717) is 35.5 Å². The zero-order valence-electron chi connectivity index (χ0n) is 13.9. The smallest absolute Gasteiger partial charge is 0.243 e. The van der Waals surface area contributed by atoms with Crippen LogP contribution in [0.2, 0.25) is 0 Å². The Morgan fingerprint density at radius 2 is 1.72 bits per heavy atom. The van der Waals surface area contributed by atoms with Crippen LogP contribution < -0.4 is 25.3 Å². The minimum absolute atomic E-state index is 0.260. The molecule has 0 aliphatic carbocycles. The maximum atomic E-state index is 6.01. The van der Waals surface area contributed by atoms with Crippen molar-refractivity contribution >= 4 is 11.9 Å². The highest BCUT2D eigenvalue weighted by Gasteiger charge is 2.09. The van der Waals surface area contributed by atoms with Gasteiger partial charge in [0, 0.05) is 30.3 Å². The second-order valence-corrected chi connectivity index (χ2v) is 5.16. The van der Waals surface area contributed by atoms with Gasteiger partial charge in [0.05, 0.1) is 14.2 Å². The fourth-order valence-corrected chi connectivity index (χ4v) is 2.24. The molecular weight excluding hydrogens is 322 g/mol. The van der Waals surface area contributed by atoms with Crippen molar-refractivity contribution in [3.8, 4) is 23.0 Å². The standard InChI is InChI=1S/C17H19N5O3/c1-23-12-7-13(24-2)9-14(8-12)25-15-6-4-3-5-11(15)10-19-17-20-16(18)21-22-17/h3-9H,10H2,1-2H3,(H4,18,19,20,21,22). The molecule has 0 saturated heterocycles. The second kappa shape index (κ2) is 7.43. The van der Waals surface area contributed by atoms with Crippen molar-refractivity contribution in [3.63, 3.8) is 0 Å². The van der Waals surface area contributed by atoms with Crippen molar-refractivity contribution in [2.24, 2.45) is 0 Å². The first-order chi connectivity index (χ1) is 12.2. The van der Waals surface area contributed by atoms with Gasteiger partial charge in [-0.05, 0) is 6.07 Å². The molecule has 0 atom stereocenters. The van der Waals surface area contributed by atoms with E-state index in [2.05, 4.69) is 20.5 Å². The molecule has 0 spiro atoms. The first-order valence-corrected chi connectivity index (χ1v) is 7.58. The lowest BCUT2D eigenvalue weighted by molar-refractivity contribution is 0.386. The van der Waals surface area contributed by atoms with Crippen LogP contribution in [0.25, 0.3) is 0 Å². The van der Waals surface area contributed by atoms with Crippen molar-refractivity contribution in [3.05, 3.63) is 48.0 Å². The van der Waals surface area contributed by atoms with E-state index in [0.717, 1.165) is 5.56 Å². The van der Waals surface area contributed by atoms with E-state index in [4.69, 9.17) is 19.9 Å². The molecule has 0 aliphatic rings. The maximum Gasteiger partial charge on any atom is 0.243 e. The Hall–Kier alpha value is -3.42. The summed E-state index contributed by atoms with van der Waals surface area (Å²) in [5.74, 6) is 3.31. The summed E-state index contributed by atoms with van der Waals surface area (Å²) in [4.78, 5) is 4.01. The quantitative estimate of drug-likeness (QED) is 0.606. The van der Waals surface area contributed by atoms with Gasteiger partial charge in [-0.1, -0.05) is 18.2 Å². The van der Waals surface area contributed by atoms with Crippen LogP contribution in [0, 0.1) is 0 Å². The molecular formula is C17H19N5O3. The van der Waals surface area contributed by atoms with E-state index < -0.39 is 0 Å². The summed E-state index contributed by atoms with van der Waals surface area (Å²) in [7, 11) is 3.19. The Balaban J connectivity index is 1.78. The lowest BCUT2D eigenvalue weighted by Gasteiger charge is -2.13. The Labute approximate surface area is 144 Å². The molecule has 8 nitrogen and oxygen atoms in total. The van der Waals surface area contributed by atoms with Gasteiger partial charge in [-0.3, -0.25) is 0 Å². The molecule has 4 N–H and O–H groups in total. The Bertz CT molecular complexity index is 828. The van der Waals surface area contributed by atoms with E-state index in [1.807, 2.05) is 24.3 Å². The number of benzene rings is 2. The first-order valence-electron chi connectivity index (χ1n) is 7.58. The monoisotopic (exact) mass is 341 g/mol. The van der Waals surface area contributed by atoms with E-state index in [-0.39, 0.29) is 5.95 Å². The minimum atomic E-state index is 0.260. The molecule has 3 aromatic rings. The zero-order chi connectivity index (χ0) is 17.6. The van der Waals surface area contributed by atoms with Gasteiger partial charge in [0.2, 0.25) is 11.9 Å². The summed E-state index contributed by atoms with van der Waals surface area (Å²) in [6, 6.07) is 13.0. The number of nitrogens with two attached hydrogens (primary N) is 1. The number of nitrogens with zero attached hydrogens (tertiary/aromatic N) is 2. The molecule has 1 heterocycles. The van der Waals surface area contributed by atoms with Crippen LogP contribution in [0.4, 0.5) is 11.9 Å². The molecule has 0 amide bonds. The number of aromatic nitrogens is 3.